The molecule has 0 aromatic rings. The van der Waals surface area contributed by atoms with Gasteiger partial charge in [0.1, 0.15) is 6.10 Å². The molecule has 4 atom stereocenters. The van der Waals surface area contributed by atoms with Crippen molar-refractivity contribution in [3.63, 3.8) is 0 Å². The molecule has 0 aromatic heterocycles. The van der Waals surface area contributed by atoms with Crippen molar-refractivity contribution in [3.05, 3.63) is 12.2 Å². The van der Waals surface area contributed by atoms with Gasteiger partial charge in [0.15, 0.2) is 5.78 Å². The zero-order chi connectivity index (χ0) is 17.4. The Bertz CT molecular complexity index is 457. The summed E-state index contributed by atoms with van der Waals surface area (Å²) < 4.78 is 10.1. The number of carbonyl (C=O) groups is 3. The smallest absolute Gasteiger partial charge is 0.330 e. The van der Waals surface area contributed by atoms with Gasteiger partial charge in [0.05, 0.1) is 24.7 Å². The van der Waals surface area contributed by atoms with Crippen molar-refractivity contribution in [3.8, 4) is 0 Å². The van der Waals surface area contributed by atoms with Crippen molar-refractivity contribution in [1.29, 1.82) is 0 Å². The van der Waals surface area contributed by atoms with E-state index < -0.39 is 48.6 Å². The van der Waals surface area contributed by atoms with Crippen LogP contribution in [0.25, 0.3) is 0 Å². The predicted molar refractivity (Wildman–Crippen MR) is 80.4 cm³/mol. The lowest BCUT2D eigenvalue weighted by Crippen LogP contribution is -2.28. The van der Waals surface area contributed by atoms with E-state index in [9.17, 15) is 24.6 Å². The Kier molecular flexibility index (Phi) is 7.91. The van der Waals surface area contributed by atoms with Gasteiger partial charge in [-0.3, -0.25) is 9.59 Å². The van der Waals surface area contributed by atoms with Gasteiger partial charge in [0, 0.05) is 12.5 Å². The number of esters is 2. The molecule has 0 spiro atoms. The number of hydrogen-bond donors (Lipinski definition) is 2. The van der Waals surface area contributed by atoms with E-state index in [4.69, 9.17) is 9.47 Å². The van der Waals surface area contributed by atoms with Crippen LogP contribution in [-0.2, 0) is 23.9 Å². The van der Waals surface area contributed by atoms with Crippen LogP contribution in [0.2, 0.25) is 0 Å². The molecule has 23 heavy (non-hydrogen) atoms. The third-order valence-corrected chi connectivity index (χ3v) is 3.50. The van der Waals surface area contributed by atoms with Crippen molar-refractivity contribution >= 4 is 17.7 Å². The fraction of sp³-hybridized carbons (Fsp3) is 0.688. The maximum atomic E-state index is 11.8. The molecule has 7 nitrogen and oxygen atoms in total. The van der Waals surface area contributed by atoms with Crippen LogP contribution >= 0.6 is 0 Å². The predicted octanol–water partition coefficient (Wildman–Crippen LogP) is 0.661. The minimum absolute atomic E-state index is 0.00914. The molecule has 1 aliphatic heterocycles. The Morgan fingerprint density at radius 1 is 1.00 bits per heavy atom. The number of Topliss-reactive ketones (excluding diaryl/α,β-unsaturated/α-hetero) is 1. The Balaban J connectivity index is 2.74. The second kappa shape index (κ2) is 9.42. The van der Waals surface area contributed by atoms with Gasteiger partial charge < -0.3 is 19.7 Å². The van der Waals surface area contributed by atoms with E-state index in [-0.39, 0.29) is 12.8 Å². The van der Waals surface area contributed by atoms with Crippen LogP contribution in [0.1, 0.15) is 46.0 Å². The summed E-state index contributed by atoms with van der Waals surface area (Å²) in [5.74, 6) is -1.75. The van der Waals surface area contributed by atoms with E-state index in [1.54, 1.807) is 13.8 Å². The Morgan fingerprint density at radius 3 is 2.35 bits per heavy atom. The van der Waals surface area contributed by atoms with Crippen molar-refractivity contribution < 1.29 is 34.1 Å². The zero-order valence-corrected chi connectivity index (χ0v) is 13.4. The number of aliphatic hydroxyl groups excluding tert-OH is 2. The van der Waals surface area contributed by atoms with Crippen LogP contribution in [-0.4, -0.2) is 52.4 Å². The maximum Gasteiger partial charge on any atom is 0.330 e. The van der Waals surface area contributed by atoms with Gasteiger partial charge in [0.2, 0.25) is 0 Å². The highest BCUT2D eigenvalue weighted by atomic mass is 16.5. The minimum atomic E-state index is -1.42. The Labute approximate surface area is 135 Å². The second-order valence-electron chi connectivity index (χ2n) is 5.78. The zero-order valence-electron chi connectivity index (χ0n) is 13.4. The summed E-state index contributed by atoms with van der Waals surface area (Å²) in [5, 5.41) is 19.5. The molecule has 0 unspecified atom stereocenters. The molecule has 130 valence electrons. The standard InChI is InChI=1S/C16H24O7/c1-10-3-5-12(17)6-8-15(20)22-11(2)4-7-13(18)14(19)9-16(21)23-10/h6,8,10-12,14,17,19H,3-5,7,9H2,1-2H3/b8-6-/t10-,11-,12-,14+/m1/s1. The van der Waals surface area contributed by atoms with Crippen LogP contribution in [0.5, 0.6) is 0 Å². The molecule has 0 aromatic carbocycles. The number of cyclic esters (lactones) is 2. The summed E-state index contributed by atoms with van der Waals surface area (Å²) in [4.78, 5) is 35.0. The fourth-order valence-corrected chi connectivity index (χ4v) is 2.10. The van der Waals surface area contributed by atoms with E-state index in [2.05, 4.69) is 0 Å². The molecule has 1 rings (SSSR count). The molecule has 0 bridgehead atoms. The molecule has 0 amide bonds. The Morgan fingerprint density at radius 2 is 1.65 bits per heavy atom. The number of ether oxygens (including phenoxy) is 2. The molecular formula is C16H24O7. The topological polar surface area (TPSA) is 110 Å². The number of rotatable bonds is 0. The molecule has 0 saturated heterocycles. The molecule has 0 saturated carbocycles. The van der Waals surface area contributed by atoms with Crippen molar-refractivity contribution in [1.82, 2.24) is 0 Å². The lowest BCUT2D eigenvalue weighted by molar-refractivity contribution is -0.153. The van der Waals surface area contributed by atoms with Crippen LogP contribution in [0.3, 0.4) is 0 Å². The highest BCUT2D eigenvalue weighted by molar-refractivity contribution is 5.87. The first kappa shape index (κ1) is 19.3. The van der Waals surface area contributed by atoms with Crippen molar-refractivity contribution in [2.24, 2.45) is 0 Å². The molecule has 0 radical (unpaired) electrons. The molecule has 0 fully saturated rings. The number of ketones is 1. The lowest BCUT2D eigenvalue weighted by Gasteiger charge is -2.17. The van der Waals surface area contributed by atoms with Crippen molar-refractivity contribution in [2.45, 2.75) is 70.4 Å². The first-order valence-corrected chi connectivity index (χ1v) is 7.75. The van der Waals surface area contributed by atoms with Gasteiger partial charge >= 0.3 is 11.9 Å². The largest absolute Gasteiger partial charge is 0.463 e. The highest BCUT2D eigenvalue weighted by Crippen LogP contribution is 2.11. The summed E-state index contributed by atoms with van der Waals surface area (Å²) in [6.45, 7) is 3.28. The molecule has 7 heteroatoms. The van der Waals surface area contributed by atoms with Crippen molar-refractivity contribution in [2.75, 3.05) is 0 Å². The van der Waals surface area contributed by atoms with Gasteiger partial charge in [-0.05, 0) is 39.2 Å². The number of hydrogen-bond acceptors (Lipinski definition) is 7. The number of aliphatic hydroxyl groups is 2. The summed E-state index contributed by atoms with van der Waals surface area (Å²) in [6, 6.07) is 0. The van der Waals surface area contributed by atoms with Gasteiger partial charge in [-0.25, -0.2) is 4.79 Å². The third kappa shape index (κ3) is 7.90. The quantitative estimate of drug-likeness (QED) is 0.629. The Hall–Kier alpha value is -1.73. The molecular weight excluding hydrogens is 304 g/mol. The average Bonchev–Trinajstić information content (AvgIpc) is 2.47. The summed E-state index contributed by atoms with van der Waals surface area (Å²) in [6.07, 6.45) is -0.274. The second-order valence-corrected chi connectivity index (χ2v) is 5.78. The normalized spacial score (nSPS) is 33.7. The van der Waals surface area contributed by atoms with E-state index in [1.807, 2.05) is 0 Å². The number of carbonyl (C=O) groups excluding carboxylic acids is 3. The van der Waals surface area contributed by atoms with E-state index >= 15 is 0 Å². The first-order valence-electron chi connectivity index (χ1n) is 7.75. The van der Waals surface area contributed by atoms with Crippen LogP contribution in [0.4, 0.5) is 0 Å². The van der Waals surface area contributed by atoms with Gasteiger partial charge in [-0.2, -0.15) is 0 Å². The average molecular weight is 328 g/mol. The monoisotopic (exact) mass is 328 g/mol. The van der Waals surface area contributed by atoms with Crippen LogP contribution < -0.4 is 0 Å². The SMILES string of the molecule is C[C@@H]1CCC(=O)[C@@H](O)CC(=O)O[C@H](C)CC[C@@H](O)/C=C\C(=O)O1. The maximum absolute atomic E-state index is 11.8. The van der Waals surface area contributed by atoms with Crippen LogP contribution in [0, 0.1) is 0 Å². The molecule has 1 heterocycles. The summed E-state index contributed by atoms with van der Waals surface area (Å²) in [7, 11) is 0. The van der Waals surface area contributed by atoms with E-state index in [1.165, 1.54) is 6.08 Å². The van der Waals surface area contributed by atoms with E-state index in [0.29, 0.717) is 12.8 Å². The summed E-state index contributed by atoms with van der Waals surface area (Å²) in [5.41, 5.74) is 0. The van der Waals surface area contributed by atoms with Gasteiger partial charge in [0.25, 0.3) is 0 Å². The van der Waals surface area contributed by atoms with Gasteiger partial charge in [-0.1, -0.05) is 0 Å². The fourth-order valence-electron chi connectivity index (χ4n) is 2.10. The van der Waals surface area contributed by atoms with Crippen LogP contribution in [0.15, 0.2) is 12.2 Å². The lowest BCUT2D eigenvalue weighted by atomic mass is 10.1. The first-order chi connectivity index (χ1) is 10.8. The highest BCUT2D eigenvalue weighted by Gasteiger charge is 2.22. The summed E-state index contributed by atoms with van der Waals surface area (Å²) >= 11 is 0. The third-order valence-electron chi connectivity index (χ3n) is 3.50. The molecule has 2 N–H and O–H groups in total. The van der Waals surface area contributed by atoms with Gasteiger partial charge in [-0.15, -0.1) is 0 Å². The molecule has 1 aliphatic rings. The molecule has 0 aliphatic carbocycles. The minimum Gasteiger partial charge on any atom is -0.463 e. The van der Waals surface area contributed by atoms with E-state index in [0.717, 1.165) is 6.08 Å².